The van der Waals surface area contributed by atoms with Crippen LogP contribution >= 0.6 is 0 Å². The first-order valence-electron chi connectivity index (χ1n) is 9.69. The summed E-state index contributed by atoms with van der Waals surface area (Å²) < 4.78 is 6.86. The number of aromatic hydroxyl groups is 1. The molecule has 0 aliphatic carbocycles. The molecule has 0 amide bonds. The summed E-state index contributed by atoms with van der Waals surface area (Å²) in [6.45, 7) is 0.443. The molecule has 0 unspecified atom stereocenters. The lowest BCUT2D eigenvalue weighted by Gasteiger charge is -2.20. The molecule has 0 saturated heterocycles. The summed E-state index contributed by atoms with van der Waals surface area (Å²) in [7, 11) is 3.93. The molecule has 4 aromatic rings. The summed E-state index contributed by atoms with van der Waals surface area (Å²) in [5.74, 6) is 0.688. The number of hydrogen-bond acceptors (Lipinski definition) is 5. The molecule has 4 rings (SSSR count). The molecule has 30 heavy (non-hydrogen) atoms. The van der Waals surface area contributed by atoms with Gasteiger partial charge in [0.05, 0.1) is 30.1 Å². The first-order valence-corrected chi connectivity index (χ1v) is 9.69. The zero-order chi connectivity index (χ0) is 21.1. The van der Waals surface area contributed by atoms with Gasteiger partial charge in [-0.3, -0.25) is 14.7 Å². The number of para-hydroxylation sites is 1. The van der Waals surface area contributed by atoms with E-state index in [4.69, 9.17) is 4.42 Å². The Bertz CT molecular complexity index is 1230. The number of nitrogens with zero attached hydrogens (tertiary/aromatic N) is 3. The van der Waals surface area contributed by atoms with Crippen molar-refractivity contribution in [3.63, 3.8) is 0 Å². The van der Waals surface area contributed by atoms with Crippen LogP contribution in [0, 0.1) is 0 Å². The molecule has 1 atom stereocenters. The molecule has 0 aliphatic heterocycles. The number of pyridine rings is 1. The maximum atomic E-state index is 13.1. The molecular formula is C24H23N3O3. The number of fused-ring (bicyclic) bond motifs is 1. The summed E-state index contributed by atoms with van der Waals surface area (Å²) in [5.41, 5.74) is 0.835. The maximum absolute atomic E-state index is 13.1. The van der Waals surface area contributed by atoms with Gasteiger partial charge in [-0.05, 0) is 44.4 Å². The third kappa shape index (κ3) is 3.65. The molecule has 1 N–H and O–H groups in total. The normalized spacial score (nSPS) is 12.8. The number of aromatic nitrogens is 1. The summed E-state index contributed by atoms with van der Waals surface area (Å²) in [4.78, 5) is 19.7. The number of furan rings is 1. The van der Waals surface area contributed by atoms with Crippen molar-refractivity contribution in [2.24, 2.45) is 4.99 Å². The minimum absolute atomic E-state index is 0.0373. The lowest BCUT2D eigenvalue weighted by atomic mass is 10.1. The van der Waals surface area contributed by atoms with E-state index in [0.29, 0.717) is 28.6 Å². The van der Waals surface area contributed by atoms with E-state index in [1.807, 2.05) is 67.5 Å². The predicted octanol–water partition coefficient (Wildman–Crippen LogP) is 4.01. The number of rotatable bonds is 6. The fourth-order valence-electron chi connectivity index (χ4n) is 3.54. The van der Waals surface area contributed by atoms with Crippen LogP contribution < -0.4 is 5.56 Å². The zero-order valence-corrected chi connectivity index (χ0v) is 16.9. The molecule has 0 fully saturated rings. The van der Waals surface area contributed by atoms with Crippen LogP contribution in [0.15, 0.2) is 87.2 Å². The summed E-state index contributed by atoms with van der Waals surface area (Å²) in [6.07, 6.45) is 3.28. The van der Waals surface area contributed by atoms with Gasteiger partial charge in [-0.2, -0.15) is 0 Å². The zero-order valence-electron chi connectivity index (χ0n) is 16.9. The van der Waals surface area contributed by atoms with Crippen molar-refractivity contribution in [1.29, 1.82) is 0 Å². The maximum Gasteiger partial charge on any atom is 0.265 e. The highest BCUT2D eigenvalue weighted by Gasteiger charge is 2.18. The fourth-order valence-corrected chi connectivity index (χ4v) is 3.54. The molecule has 0 radical (unpaired) electrons. The van der Waals surface area contributed by atoms with E-state index < -0.39 is 0 Å². The minimum atomic E-state index is -0.270. The average molecular weight is 401 g/mol. The fraction of sp³-hybridized carbons (Fsp3) is 0.167. The average Bonchev–Trinajstić information content (AvgIpc) is 3.28. The van der Waals surface area contributed by atoms with Crippen LogP contribution in [0.5, 0.6) is 5.88 Å². The number of benzene rings is 2. The Balaban J connectivity index is 1.80. The van der Waals surface area contributed by atoms with Crippen LogP contribution in [0.25, 0.3) is 16.5 Å². The quantitative estimate of drug-likeness (QED) is 0.496. The first kappa shape index (κ1) is 19.7. The van der Waals surface area contributed by atoms with Crippen molar-refractivity contribution >= 4 is 17.0 Å². The molecule has 0 spiro atoms. The van der Waals surface area contributed by atoms with Gasteiger partial charge >= 0.3 is 0 Å². The molecule has 2 aromatic heterocycles. The lowest BCUT2D eigenvalue weighted by Crippen LogP contribution is -2.22. The van der Waals surface area contributed by atoms with Crippen LogP contribution in [0.3, 0.4) is 0 Å². The van der Waals surface area contributed by atoms with E-state index in [0.717, 1.165) is 5.76 Å². The molecule has 6 heteroatoms. The molecule has 152 valence electrons. The Hall–Kier alpha value is -3.64. The van der Waals surface area contributed by atoms with Crippen LogP contribution in [0.2, 0.25) is 0 Å². The second kappa shape index (κ2) is 8.39. The topological polar surface area (TPSA) is 71.0 Å². The Morgan fingerprint density at radius 1 is 1.03 bits per heavy atom. The van der Waals surface area contributed by atoms with E-state index in [9.17, 15) is 9.90 Å². The molecule has 2 aromatic carbocycles. The molecular weight excluding hydrogens is 378 g/mol. The van der Waals surface area contributed by atoms with E-state index in [-0.39, 0.29) is 17.5 Å². The van der Waals surface area contributed by atoms with Crippen molar-refractivity contribution in [3.05, 3.63) is 94.7 Å². The number of likely N-dealkylation sites (N-methyl/N-ethyl adjacent to an activating group) is 1. The standard InChI is InChI=1S/C24H23N3O3/c1-26(2)21(22-13-8-14-30-22)16-25-15-20-18-11-6-7-12-19(18)23(28)27(24(20)29)17-9-4-3-5-10-17/h3-15,21,29H,16H2,1-2H3/t21-/m1/s1. The predicted molar refractivity (Wildman–Crippen MR) is 119 cm³/mol. The second-order valence-electron chi connectivity index (χ2n) is 7.25. The largest absolute Gasteiger partial charge is 0.494 e. The number of aliphatic imine (C=N–C) groups is 1. The Labute approximate surface area is 174 Å². The second-order valence-corrected chi connectivity index (χ2v) is 7.25. The van der Waals surface area contributed by atoms with Crippen LogP contribution in [0.4, 0.5) is 0 Å². The minimum Gasteiger partial charge on any atom is -0.494 e. The third-order valence-corrected chi connectivity index (χ3v) is 5.11. The van der Waals surface area contributed by atoms with Gasteiger partial charge in [0.25, 0.3) is 5.56 Å². The lowest BCUT2D eigenvalue weighted by molar-refractivity contribution is 0.265. The van der Waals surface area contributed by atoms with Crippen molar-refractivity contribution in [2.75, 3.05) is 20.6 Å². The van der Waals surface area contributed by atoms with E-state index in [1.54, 1.807) is 30.7 Å². The summed E-state index contributed by atoms with van der Waals surface area (Å²) in [6, 6.07) is 20.1. The van der Waals surface area contributed by atoms with Crippen LogP contribution in [-0.2, 0) is 0 Å². The summed E-state index contributed by atoms with van der Waals surface area (Å²) in [5, 5.41) is 12.2. The first-order chi connectivity index (χ1) is 14.6. The van der Waals surface area contributed by atoms with Gasteiger partial charge in [0, 0.05) is 17.0 Å². The molecule has 6 nitrogen and oxygen atoms in total. The Morgan fingerprint density at radius 3 is 2.40 bits per heavy atom. The van der Waals surface area contributed by atoms with Crippen molar-refractivity contribution in [1.82, 2.24) is 9.47 Å². The molecule has 0 saturated carbocycles. The van der Waals surface area contributed by atoms with Gasteiger partial charge in [-0.1, -0.05) is 36.4 Å². The molecule has 0 bridgehead atoms. The van der Waals surface area contributed by atoms with Gasteiger partial charge in [0.2, 0.25) is 5.88 Å². The third-order valence-electron chi connectivity index (χ3n) is 5.11. The smallest absolute Gasteiger partial charge is 0.265 e. The van der Waals surface area contributed by atoms with Crippen molar-refractivity contribution in [3.8, 4) is 11.6 Å². The van der Waals surface area contributed by atoms with E-state index in [2.05, 4.69) is 4.99 Å². The van der Waals surface area contributed by atoms with Crippen LogP contribution in [0.1, 0.15) is 17.4 Å². The van der Waals surface area contributed by atoms with E-state index in [1.165, 1.54) is 4.57 Å². The molecule has 0 aliphatic rings. The van der Waals surface area contributed by atoms with Gasteiger partial charge in [-0.25, -0.2) is 4.57 Å². The van der Waals surface area contributed by atoms with Gasteiger partial charge < -0.3 is 9.52 Å². The van der Waals surface area contributed by atoms with Gasteiger partial charge in [0.15, 0.2) is 0 Å². The highest BCUT2D eigenvalue weighted by Crippen LogP contribution is 2.26. The van der Waals surface area contributed by atoms with Gasteiger partial charge in [0.1, 0.15) is 5.76 Å². The Kier molecular flexibility index (Phi) is 5.50. The highest BCUT2D eigenvalue weighted by molar-refractivity contribution is 6.01. The Morgan fingerprint density at radius 2 is 1.73 bits per heavy atom. The molecule has 2 heterocycles. The number of hydrogen-bond donors (Lipinski definition) is 1. The highest BCUT2D eigenvalue weighted by atomic mass is 16.3. The SMILES string of the molecule is CN(C)[C@H](CN=Cc1c(O)n(-c2ccccc2)c(=O)c2ccccc12)c1ccco1. The van der Waals surface area contributed by atoms with Crippen molar-refractivity contribution < 1.29 is 9.52 Å². The van der Waals surface area contributed by atoms with Crippen molar-refractivity contribution in [2.45, 2.75) is 6.04 Å². The van der Waals surface area contributed by atoms with Crippen LogP contribution in [-0.4, -0.2) is 41.4 Å². The summed E-state index contributed by atoms with van der Waals surface area (Å²) >= 11 is 0. The van der Waals surface area contributed by atoms with Gasteiger partial charge in [-0.15, -0.1) is 0 Å². The van der Waals surface area contributed by atoms with E-state index >= 15 is 0 Å². The monoisotopic (exact) mass is 401 g/mol.